The fraction of sp³-hybridized carbons (Fsp3) is 0.231. The van der Waals surface area contributed by atoms with E-state index in [0.29, 0.717) is 0 Å². The molecule has 7 rings (SSSR count). The molecule has 5 aromatic rings. The molecule has 0 amide bonds. The topological polar surface area (TPSA) is 3.24 Å². The molecular formula is C39H36FN. The normalized spacial score (nSPS) is 15.2. The lowest BCUT2D eigenvalue weighted by Crippen LogP contribution is -2.17. The number of benzene rings is 5. The maximum Gasteiger partial charge on any atom is 0.123 e. The Hall–Kier alpha value is -4.17. The molecule has 41 heavy (non-hydrogen) atoms. The lowest BCUT2D eigenvalue weighted by Gasteiger charge is -2.29. The fourth-order valence-corrected chi connectivity index (χ4v) is 7.52. The van der Waals surface area contributed by atoms with E-state index < -0.39 is 0 Å². The SMILES string of the molecule is Cc1cc(C)c2c(c1)C(C)(C)c1cc3c(cc1-2)C(C)(C)c1cc(N(c2ccccc2)c2ccc(F)cc2)cc(C)c1-3. The van der Waals surface area contributed by atoms with Crippen LogP contribution in [-0.2, 0) is 10.8 Å². The number of para-hydroxylation sites is 1. The van der Waals surface area contributed by atoms with E-state index in [-0.39, 0.29) is 16.6 Å². The standard InChI is InChI=1S/C39H36FN/c1-23-17-24(2)36-30-21-33-31(22-32(30)38(4,5)34(36)18-23)37-25(3)19-29(20-35(37)39(33,6)7)41(27-11-9-8-10-12-27)28-15-13-26(40)14-16-28/h8-22H,1-7H3. The predicted octanol–water partition coefficient (Wildman–Crippen LogP) is 10.8. The summed E-state index contributed by atoms with van der Waals surface area (Å²) in [6, 6.07) is 31.5. The van der Waals surface area contributed by atoms with Crippen molar-refractivity contribution < 1.29 is 4.39 Å². The van der Waals surface area contributed by atoms with Gasteiger partial charge in [-0.3, -0.25) is 0 Å². The molecular weight excluding hydrogens is 501 g/mol. The van der Waals surface area contributed by atoms with E-state index >= 15 is 0 Å². The van der Waals surface area contributed by atoms with Crippen LogP contribution in [0.5, 0.6) is 0 Å². The molecule has 0 radical (unpaired) electrons. The molecule has 5 aromatic carbocycles. The number of fused-ring (bicyclic) bond motifs is 6. The Morgan fingerprint density at radius 3 is 1.61 bits per heavy atom. The van der Waals surface area contributed by atoms with Crippen molar-refractivity contribution in [2.45, 2.75) is 59.3 Å². The van der Waals surface area contributed by atoms with Gasteiger partial charge in [0.1, 0.15) is 5.82 Å². The van der Waals surface area contributed by atoms with Crippen LogP contribution < -0.4 is 4.90 Å². The van der Waals surface area contributed by atoms with E-state index in [2.05, 4.69) is 114 Å². The lowest BCUT2D eigenvalue weighted by molar-refractivity contribution is 0.628. The zero-order chi connectivity index (χ0) is 28.8. The summed E-state index contributed by atoms with van der Waals surface area (Å²) >= 11 is 0. The quantitative estimate of drug-likeness (QED) is 0.221. The van der Waals surface area contributed by atoms with Gasteiger partial charge in [-0.1, -0.05) is 63.6 Å². The largest absolute Gasteiger partial charge is 0.310 e. The Morgan fingerprint density at radius 1 is 0.512 bits per heavy atom. The van der Waals surface area contributed by atoms with Gasteiger partial charge in [-0.15, -0.1) is 0 Å². The molecule has 0 N–H and O–H groups in total. The van der Waals surface area contributed by atoms with Gasteiger partial charge in [0.25, 0.3) is 0 Å². The summed E-state index contributed by atoms with van der Waals surface area (Å²) in [5.41, 5.74) is 17.9. The minimum absolute atomic E-state index is 0.0517. The van der Waals surface area contributed by atoms with E-state index in [9.17, 15) is 4.39 Å². The van der Waals surface area contributed by atoms with E-state index in [1.165, 1.54) is 73.3 Å². The van der Waals surface area contributed by atoms with Crippen LogP contribution in [0.15, 0.2) is 91.0 Å². The number of anilines is 3. The highest BCUT2D eigenvalue weighted by Gasteiger charge is 2.43. The Kier molecular flexibility index (Phi) is 5.45. The minimum atomic E-state index is -0.230. The molecule has 2 aliphatic carbocycles. The number of nitrogens with zero attached hydrogens (tertiary/aromatic N) is 1. The van der Waals surface area contributed by atoms with E-state index in [0.717, 1.165) is 17.1 Å². The van der Waals surface area contributed by atoms with Crippen molar-refractivity contribution in [2.75, 3.05) is 4.90 Å². The van der Waals surface area contributed by atoms with Crippen LogP contribution in [0.25, 0.3) is 22.3 Å². The zero-order valence-electron chi connectivity index (χ0n) is 25.0. The van der Waals surface area contributed by atoms with Crippen LogP contribution in [-0.4, -0.2) is 0 Å². The molecule has 204 valence electrons. The van der Waals surface area contributed by atoms with Crippen molar-refractivity contribution >= 4 is 17.1 Å². The van der Waals surface area contributed by atoms with E-state index in [4.69, 9.17) is 0 Å². The van der Waals surface area contributed by atoms with Gasteiger partial charge in [0, 0.05) is 27.9 Å². The van der Waals surface area contributed by atoms with Crippen LogP contribution in [0.3, 0.4) is 0 Å². The van der Waals surface area contributed by atoms with Crippen LogP contribution in [0.1, 0.15) is 66.6 Å². The highest BCUT2D eigenvalue weighted by Crippen LogP contribution is 2.58. The second kappa shape index (κ2) is 8.66. The minimum Gasteiger partial charge on any atom is -0.310 e. The van der Waals surface area contributed by atoms with Gasteiger partial charge in [0.15, 0.2) is 0 Å². The van der Waals surface area contributed by atoms with Crippen molar-refractivity contribution in [3.63, 3.8) is 0 Å². The third kappa shape index (κ3) is 3.66. The number of rotatable bonds is 3. The molecule has 0 unspecified atom stereocenters. The summed E-state index contributed by atoms with van der Waals surface area (Å²) in [6.45, 7) is 16.2. The van der Waals surface area contributed by atoms with Crippen molar-refractivity contribution in [1.82, 2.24) is 0 Å². The number of hydrogen-bond donors (Lipinski definition) is 0. The molecule has 0 aromatic heterocycles. The second-order valence-corrected chi connectivity index (χ2v) is 13.0. The molecule has 0 bridgehead atoms. The Morgan fingerprint density at radius 2 is 1.02 bits per heavy atom. The Balaban J connectivity index is 1.44. The number of halogens is 1. The summed E-state index contributed by atoms with van der Waals surface area (Å²) in [7, 11) is 0. The summed E-state index contributed by atoms with van der Waals surface area (Å²) in [5.74, 6) is -0.230. The first-order valence-corrected chi connectivity index (χ1v) is 14.6. The fourth-order valence-electron chi connectivity index (χ4n) is 7.52. The van der Waals surface area contributed by atoms with Crippen molar-refractivity contribution in [2.24, 2.45) is 0 Å². The van der Waals surface area contributed by atoms with Gasteiger partial charge in [0.05, 0.1) is 0 Å². The van der Waals surface area contributed by atoms with Gasteiger partial charge >= 0.3 is 0 Å². The van der Waals surface area contributed by atoms with Gasteiger partial charge in [-0.2, -0.15) is 0 Å². The lowest BCUT2D eigenvalue weighted by atomic mass is 9.79. The van der Waals surface area contributed by atoms with E-state index in [1.54, 1.807) is 0 Å². The first-order valence-electron chi connectivity index (χ1n) is 14.6. The van der Waals surface area contributed by atoms with E-state index in [1.807, 2.05) is 18.2 Å². The monoisotopic (exact) mass is 537 g/mol. The third-order valence-corrected chi connectivity index (χ3v) is 9.55. The second-order valence-electron chi connectivity index (χ2n) is 13.0. The molecule has 0 spiro atoms. The molecule has 0 fully saturated rings. The maximum absolute atomic E-state index is 13.9. The van der Waals surface area contributed by atoms with Crippen LogP contribution in [0.2, 0.25) is 0 Å². The van der Waals surface area contributed by atoms with Crippen LogP contribution in [0.4, 0.5) is 21.5 Å². The summed E-state index contributed by atoms with van der Waals surface area (Å²) < 4.78 is 13.9. The third-order valence-electron chi connectivity index (χ3n) is 9.55. The molecule has 2 heteroatoms. The highest BCUT2D eigenvalue weighted by atomic mass is 19.1. The average Bonchev–Trinajstić information content (AvgIpc) is 3.29. The Bertz CT molecular complexity index is 1860. The van der Waals surface area contributed by atoms with Gasteiger partial charge in [0.2, 0.25) is 0 Å². The molecule has 0 aliphatic heterocycles. The smallest absolute Gasteiger partial charge is 0.123 e. The Labute approximate surface area is 243 Å². The number of aryl methyl sites for hydroxylation is 3. The summed E-state index contributed by atoms with van der Waals surface area (Å²) in [4.78, 5) is 2.23. The van der Waals surface area contributed by atoms with Gasteiger partial charge < -0.3 is 4.90 Å². The molecule has 0 heterocycles. The summed E-state index contributed by atoms with van der Waals surface area (Å²) in [5, 5.41) is 0. The van der Waals surface area contributed by atoms with Gasteiger partial charge in [-0.05, 0) is 137 Å². The first-order chi connectivity index (χ1) is 19.5. The zero-order valence-corrected chi connectivity index (χ0v) is 25.0. The molecule has 0 atom stereocenters. The maximum atomic E-state index is 13.9. The highest BCUT2D eigenvalue weighted by molar-refractivity contribution is 5.93. The molecule has 0 saturated carbocycles. The molecule has 2 aliphatic rings. The van der Waals surface area contributed by atoms with Crippen molar-refractivity contribution in [3.8, 4) is 22.3 Å². The average molecular weight is 538 g/mol. The summed E-state index contributed by atoms with van der Waals surface area (Å²) in [6.07, 6.45) is 0. The van der Waals surface area contributed by atoms with Crippen LogP contribution >= 0.6 is 0 Å². The predicted molar refractivity (Wildman–Crippen MR) is 170 cm³/mol. The first kappa shape index (κ1) is 25.8. The van der Waals surface area contributed by atoms with Crippen molar-refractivity contribution in [3.05, 3.63) is 136 Å². The molecule has 1 nitrogen and oxygen atoms in total. The molecule has 0 saturated heterocycles. The number of hydrogen-bond acceptors (Lipinski definition) is 1. The van der Waals surface area contributed by atoms with Crippen LogP contribution in [0, 0.1) is 26.6 Å². The van der Waals surface area contributed by atoms with Gasteiger partial charge in [-0.25, -0.2) is 4.39 Å². The van der Waals surface area contributed by atoms with Crippen molar-refractivity contribution in [1.29, 1.82) is 0 Å².